The van der Waals surface area contributed by atoms with Crippen LogP contribution in [0.5, 0.6) is 0 Å². The standard InChI is InChI=1S/C13H21N3O3/c17-11(9-2-1-3-14-4-9)16-6-10-5-15-7-13(10,8-16)12(18)19/h9-10,14-15H,1-8H2,(H,18,19)/t9?,10-,13-/m0/s1. The van der Waals surface area contributed by atoms with Crippen molar-refractivity contribution in [3.05, 3.63) is 0 Å². The molecule has 0 aromatic heterocycles. The second-order valence-corrected chi connectivity index (χ2v) is 6.05. The van der Waals surface area contributed by atoms with E-state index in [0.29, 0.717) is 26.2 Å². The van der Waals surface area contributed by atoms with E-state index in [1.165, 1.54) is 0 Å². The van der Waals surface area contributed by atoms with E-state index in [1.54, 1.807) is 4.90 Å². The Morgan fingerprint density at radius 3 is 2.74 bits per heavy atom. The van der Waals surface area contributed by atoms with Crippen LogP contribution in [0.3, 0.4) is 0 Å². The van der Waals surface area contributed by atoms with Crippen molar-refractivity contribution in [1.82, 2.24) is 15.5 Å². The number of carbonyl (C=O) groups is 2. The molecule has 0 bridgehead atoms. The first-order valence-corrected chi connectivity index (χ1v) is 7.07. The minimum Gasteiger partial charge on any atom is -0.481 e. The number of rotatable bonds is 2. The fraction of sp³-hybridized carbons (Fsp3) is 0.846. The second-order valence-electron chi connectivity index (χ2n) is 6.05. The largest absolute Gasteiger partial charge is 0.481 e. The van der Waals surface area contributed by atoms with Gasteiger partial charge in [0.05, 0.1) is 5.92 Å². The van der Waals surface area contributed by atoms with Crippen molar-refractivity contribution < 1.29 is 14.7 Å². The van der Waals surface area contributed by atoms with Gasteiger partial charge in [-0.1, -0.05) is 0 Å². The normalized spacial score (nSPS) is 38.2. The average Bonchev–Trinajstić information content (AvgIpc) is 2.96. The van der Waals surface area contributed by atoms with Crippen LogP contribution in [0, 0.1) is 17.3 Å². The third kappa shape index (κ3) is 2.03. The van der Waals surface area contributed by atoms with Gasteiger partial charge in [0.1, 0.15) is 5.41 Å². The third-order valence-electron chi connectivity index (χ3n) is 4.91. The highest BCUT2D eigenvalue weighted by Crippen LogP contribution is 2.39. The van der Waals surface area contributed by atoms with E-state index in [-0.39, 0.29) is 17.7 Å². The summed E-state index contributed by atoms with van der Waals surface area (Å²) in [6.45, 7) is 3.87. The first-order chi connectivity index (χ1) is 9.13. The molecule has 0 spiro atoms. The lowest BCUT2D eigenvalue weighted by molar-refractivity contribution is -0.148. The highest BCUT2D eigenvalue weighted by molar-refractivity contribution is 5.83. The summed E-state index contributed by atoms with van der Waals surface area (Å²) < 4.78 is 0. The highest BCUT2D eigenvalue weighted by Gasteiger charge is 2.56. The van der Waals surface area contributed by atoms with Crippen molar-refractivity contribution in [3.8, 4) is 0 Å². The Labute approximate surface area is 112 Å². The molecule has 3 saturated heterocycles. The van der Waals surface area contributed by atoms with Crippen LogP contribution in [0.25, 0.3) is 0 Å². The molecule has 0 aromatic rings. The molecule has 0 saturated carbocycles. The van der Waals surface area contributed by atoms with E-state index in [2.05, 4.69) is 10.6 Å². The molecule has 3 atom stereocenters. The first-order valence-electron chi connectivity index (χ1n) is 7.07. The lowest BCUT2D eigenvalue weighted by atomic mass is 9.81. The Balaban J connectivity index is 1.71. The molecular formula is C13H21N3O3. The molecule has 3 heterocycles. The lowest BCUT2D eigenvalue weighted by Crippen LogP contribution is -2.45. The molecule has 3 aliphatic rings. The number of aliphatic carboxylic acids is 1. The number of fused-ring (bicyclic) bond motifs is 1. The van der Waals surface area contributed by atoms with E-state index >= 15 is 0 Å². The number of carboxylic acid groups (broad SMARTS) is 1. The van der Waals surface area contributed by atoms with Gasteiger partial charge >= 0.3 is 5.97 Å². The van der Waals surface area contributed by atoms with Gasteiger partial charge in [-0.05, 0) is 19.4 Å². The van der Waals surface area contributed by atoms with Gasteiger partial charge in [0.25, 0.3) is 0 Å². The van der Waals surface area contributed by atoms with E-state index in [4.69, 9.17) is 0 Å². The molecule has 3 fully saturated rings. The van der Waals surface area contributed by atoms with Gasteiger partial charge in [-0.25, -0.2) is 0 Å². The van der Waals surface area contributed by atoms with Crippen molar-refractivity contribution in [3.63, 3.8) is 0 Å². The maximum atomic E-state index is 12.5. The van der Waals surface area contributed by atoms with Gasteiger partial charge in [-0.3, -0.25) is 9.59 Å². The van der Waals surface area contributed by atoms with Crippen molar-refractivity contribution >= 4 is 11.9 Å². The summed E-state index contributed by atoms with van der Waals surface area (Å²) in [6, 6.07) is 0. The number of nitrogens with one attached hydrogen (secondary N) is 2. The summed E-state index contributed by atoms with van der Waals surface area (Å²) in [5, 5.41) is 15.9. The second kappa shape index (κ2) is 4.76. The molecule has 106 valence electrons. The molecule has 0 aromatic carbocycles. The Hall–Kier alpha value is -1.14. The summed E-state index contributed by atoms with van der Waals surface area (Å²) in [7, 11) is 0. The fourth-order valence-electron chi connectivity index (χ4n) is 3.71. The van der Waals surface area contributed by atoms with Gasteiger partial charge in [0, 0.05) is 38.6 Å². The van der Waals surface area contributed by atoms with E-state index in [9.17, 15) is 14.7 Å². The van der Waals surface area contributed by atoms with Crippen LogP contribution in [-0.2, 0) is 9.59 Å². The summed E-state index contributed by atoms with van der Waals surface area (Å²) in [5.74, 6) is -0.529. The van der Waals surface area contributed by atoms with Gasteiger partial charge in [0.15, 0.2) is 0 Å². The van der Waals surface area contributed by atoms with Crippen LogP contribution in [-0.4, -0.2) is 61.2 Å². The van der Waals surface area contributed by atoms with Crippen LogP contribution in [0.2, 0.25) is 0 Å². The van der Waals surface area contributed by atoms with E-state index in [1.807, 2.05) is 0 Å². The zero-order valence-electron chi connectivity index (χ0n) is 11.0. The van der Waals surface area contributed by atoms with Crippen molar-refractivity contribution in [1.29, 1.82) is 0 Å². The molecule has 0 radical (unpaired) electrons. The Bertz CT molecular complexity index is 395. The van der Waals surface area contributed by atoms with E-state index < -0.39 is 11.4 Å². The third-order valence-corrected chi connectivity index (χ3v) is 4.91. The monoisotopic (exact) mass is 267 g/mol. The summed E-state index contributed by atoms with van der Waals surface area (Å²) in [5.41, 5.74) is -0.752. The van der Waals surface area contributed by atoms with Gasteiger partial charge in [-0.15, -0.1) is 0 Å². The topological polar surface area (TPSA) is 81.7 Å². The molecule has 1 amide bonds. The molecular weight excluding hydrogens is 246 g/mol. The highest BCUT2D eigenvalue weighted by atomic mass is 16.4. The average molecular weight is 267 g/mol. The minimum atomic E-state index is -0.764. The molecule has 19 heavy (non-hydrogen) atoms. The SMILES string of the molecule is O=C(C1CCCNC1)N1C[C@@H]2CNC[C@]2(C(=O)O)C1. The summed E-state index contributed by atoms with van der Waals surface area (Å²) in [6.07, 6.45) is 1.95. The smallest absolute Gasteiger partial charge is 0.313 e. The molecule has 6 heteroatoms. The number of amides is 1. The van der Waals surface area contributed by atoms with Crippen molar-refractivity contribution in [2.75, 3.05) is 39.3 Å². The van der Waals surface area contributed by atoms with E-state index in [0.717, 1.165) is 25.9 Å². The number of carboxylic acids is 1. The minimum absolute atomic E-state index is 0.0337. The van der Waals surface area contributed by atoms with Crippen molar-refractivity contribution in [2.45, 2.75) is 12.8 Å². The number of likely N-dealkylation sites (tertiary alicyclic amines) is 1. The molecule has 1 unspecified atom stereocenters. The number of nitrogens with zero attached hydrogens (tertiary/aromatic N) is 1. The number of carbonyl (C=O) groups excluding carboxylic acids is 1. The van der Waals surface area contributed by atoms with Gasteiger partial charge < -0.3 is 20.6 Å². The Morgan fingerprint density at radius 1 is 1.26 bits per heavy atom. The predicted octanol–water partition coefficient (Wildman–Crippen LogP) is -0.881. The molecule has 3 rings (SSSR count). The van der Waals surface area contributed by atoms with Crippen LogP contribution >= 0.6 is 0 Å². The molecule has 3 N–H and O–H groups in total. The number of hydrogen-bond acceptors (Lipinski definition) is 4. The Morgan fingerprint density at radius 2 is 2.11 bits per heavy atom. The van der Waals surface area contributed by atoms with Crippen LogP contribution in [0.4, 0.5) is 0 Å². The molecule has 0 aliphatic carbocycles. The molecule has 6 nitrogen and oxygen atoms in total. The number of piperidine rings is 1. The molecule has 3 aliphatic heterocycles. The van der Waals surface area contributed by atoms with Gasteiger partial charge in [0.2, 0.25) is 5.91 Å². The summed E-state index contributed by atoms with van der Waals surface area (Å²) >= 11 is 0. The lowest BCUT2D eigenvalue weighted by Gasteiger charge is -2.28. The maximum absolute atomic E-state index is 12.5. The predicted molar refractivity (Wildman–Crippen MR) is 68.6 cm³/mol. The Kier molecular flexibility index (Phi) is 3.22. The van der Waals surface area contributed by atoms with Crippen LogP contribution in [0.1, 0.15) is 12.8 Å². The zero-order valence-corrected chi connectivity index (χ0v) is 11.0. The maximum Gasteiger partial charge on any atom is 0.313 e. The number of hydrogen-bond donors (Lipinski definition) is 3. The van der Waals surface area contributed by atoms with Crippen LogP contribution in [0.15, 0.2) is 0 Å². The zero-order chi connectivity index (χ0) is 13.5. The van der Waals surface area contributed by atoms with Crippen LogP contribution < -0.4 is 10.6 Å². The summed E-state index contributed by atoms with van der Waals surface area (Å²) in [4.78, 5) is 25.8. The quantitative estimate of drug-likeness (QED) is 0.605. The fourth-order valence-corrected chi connectivity index (χ4v) is 3.71. The van der Waals surface area contributed by atoms with Crippen molar-refractivity contribution in [2.24, 2.45) is 17.3 Å². The first kappa shape index (κ1) is 12.9. The van der Waals surface area contributed by atoms with Gasteiger partial charge in [-0.2, -0.15) is 0 Å².